The molecule has 1 aliphatic carbocycles. The molecule has 0 aromatic carbocycles. The van der Waals surface area contributed by atoms with E-state index in [9.17, 15) is 4.79 Å². The van der Waals surface area contributed by atoms with Crippen LogP contribution >= 0.6 is 24.2 Å². The molecule has 1 N–H and O–H groups in total. The van der Waals surface area contributed by atoms with E-state index in [0.717, 1.165) is 12.8 Å². The number of halogens is 1. The molecule has 0 amide bonds. The number of thiol groups is 1. The van der Waals surface area contributed by atoms with Crippen molar-refractivity contribution in [2.45, 2.75) is 29.3 Å². The molecule has 1 aromatic rings. The van der Waals surface area contributed by atoms with Gasteiger partial charge < -0.3 is 0 Å². The molecule has 0 unspecified atom stereocenters. The maximum atomic E-state index is 11.5. The zero-order valence-electron chi connectivity index (χ0n) is 6.75. The van der Waals surface area contributed by atoms with Crippen LogP contribution in [0.25, 0.3) is 0 Å². The lowest BCUT2D eigenvalue weighted by Gasteiger charge is -2.00. The van der Waals surface area contributed by atoms with Crippen LogP contribution in [0, 0.1) is 0 Å². The van der Waals surface area contributed by atoms with Gasteiger partial charge in [-0.15, -0.1) is 24.2 Å². The van der Waals surface area contributed by atoms with Gasteiger partial charge in [0.25, 0.3) is 0 Å². The van der Waals surface area contributed by atoms with Crippen LogP contribution in [0.15, 0.2) is 5.16 Å². The van der Waals surface area contributed by atoms with Gasteiger partial charge in [0.1, 0.15) is 4.87 Å². The molecule has 1 aliphatic rings. The molecule has 1 aromatic heterocycles. The summed E-state index contributed by atoms with van der Waals surface area (Å²) in [6.45, 7) is 0. The molecule has 6 heteroatoms. The number of ketones is 1. The summed E-state index contributed by atoms with van der Waals surface area (Å²) < 4.78 is 0. The number of aromatic amines is 1. The number of nitrogens with one attached hydrogen (secondary N) is 1. The number of aromatic nitrogens is 3. The van der Waals surface area contributed by atoms with Gasteiger partial charge in [0.05, 0.1) is 6.42 Å². The molecule has 0 bridgehead atoms. The third-order valence-corrected chi connectivity index (χ3v) is 2.82. The molecule has 1 fully saturated rings. The van der Waals surface area contributed by atoms with Crippen LogP contribution in [0.4, 0.5) is 0 Å². The highest BCUT2D eigenvalue weighted by Crippen LogP contribution is 2.43. The van der Waals surface area contributed by atoms with Crippen molar-refractivity contribution in [3.8, 4) is 0 Å². The summed E-state index contributed by atoms with van der Waals surface area (Å²) in [5, 5.41) is 6.78. The number of Topliss-reactive ketones (excluding diaryl/α,β-unsaturated/α-hetero) is 1. The number of nitrogens with zero attached hydrogens (tertiary/aromatic N) is 2. The number of carbonyl (C=O) groups excluding carboxylic acids is 1. The number of carbonyl (C=O) groups is 1. The molecular formula is C7H8ClN3OS. The maximum absolute atomic E-state index is 11.5. The second-order valence-electron chi connectivity index (χ2n) is 3.14. The lowest BCUT2D eigenvalue weighted by Crippen LogP contribution is -2.18. The Labute approximate surface area is 85.5 Å². The molecule has 70 valence electrons. The Morgan fingerprint density at radius 1 is 1.69 bits per heavy atom. The first-order chi connectivity index (χ1) is 6.10. The van der Waals surface area contributed by atoms with Gasteiger partial charge in [0.15, 0.2) is 16.8 Å². The fraction of sp³-hybridized carbons (Fsp3) is 0.571. The number of hydrogen-bond donors (Lipinski definition) is 2. The normalized spacial score (nSPS) is 18.6. The molecule has 1 heterocycles. The van der Waals surface area contributed by atoms with Crippen molar-refractivity contribution >= 4 is 30.0 Å². The minimum absolute atomic E-state index is 0.00139. The maximum Gasteiger partial charge on any atom is 0.180 e. The summed E-state index contributed by atoms with van der Waals surface area (Å²) in [5.74, 6) is 0.462. The molecule has 0 aliphatic heterocycles. The quantitative estimate of drug-likeness (QED) is 0.586. The second kappa shape index (κ2) is 2.99. The highest BCUT2D eigenvalue weighted by molar-refractivity contribution is 7.80. The van der Waals surface area contributed by atoms with Gasteiger partial charge in [-0.1, -0.05) is 0 Å². The molecule has 0 radical (unpaired) electrons. The first-order valence-corrected chi connectivity index (χ1v) is 4.75. The predicted octanol–water partition coefficient (Wildman–Crippen LogP) is 0.976. The van der Waals surface area contributed by atoms with Gasteiger partial charge >= 0.3 is 0 Å². The van der Waals surface area contributed by atoms with Gasteiger partial charge in [0.2, 0.25) is 0 Å². The van der Waals surface area contributed by atoms with Crippen molar-refractivity contribution < 1.29 is 4.79 Å². The standard InChI is InChI=1S/C7H8ClN3OS/c8-7(1-2-7)4(12)3-5-9-6(13)11-10-5/h1-3H2,(H2,9,10,11,13). The Morgan fingerprint density at radius 3 is 2.85 bits per heavy atom. The Bertz CT molecular complexity index is 347. The van der Waals surface area contributed by atoms with E-state index in [1.807, 2.05) is 0 Å². The summed E-state index contributed by atoms with van der Waals surface area (Å²) in [6.07, 6.45) is 1.73. The first-order valence-electron chi connectivity index (χ1n) is 3.93. The van der Waals surface area contributed by atoms with Crippen molar-refractivity contribution in [2.24, 2.45) is 0 Å². The van der Waals surface area contributed by atoms with Crippen molar-refractivity contribution in [3.63, 3.8) is 0 Å². The topological polar surface area (TPSA) is 58.6 Å². The SMILES string of the molecule is O=C(Cc1n[nH]c(S)n1)C1(Cl)CC1. The molecule has 0 saturated heterocycles. The molecule has 1 saturated carbocycles. The van der Waals surface area contributed by atoms with E-state index < -0.39 is 4.87 Å². The summed E-state index contributed by atoms with van der Waals surface area (Å²) in [6, 6.07) is 0. The van der Waals surface area contributed by atoms with Crippen molar-refractivity contribution in [1.29, 1.82) is 0 Å². The van der Waals surface area contributed by atoms with E-state index in [2.05, 4.69) is 27.8 Å². The van der Waals surface area contributed by atoms with Crippen LogP contribution in [0.3, 0.4) is 0 Å². The van der Waals surface area contributed by atoms with E-state index in [0.29, 0.717) is 11.0 Å². The molecular weight excluding hydrogens is 210 g/mol. The molecule has 13 heavy (non-hydrogen) atoms. The lowest BCUT2D eigenvalue weighted by atomic mass is 10.2. The Hall–Kier alpha value is -0.550. The summed E-state index contributed by atoms with van der Waals surface area (Å²) in [5.41, 5.74) is 0. The fourth-order valence-electron chi connectivity index (χ4n) is 1.06. The number of hydrogen-bond acceptors (Lipinski definition) is 4. The fourth-order valence-corrected chi connectivity index (χ4v) is 1.38. The highest BCUT2D eigenvalue weighted by atomic mass is 35.5. The molecule has 4 nitrogen and oxygen atoms in total. The van der Waals surface area contributed by atoms with Crippen molar-refractivity contribution in [3.05, 3.63) is 5.82 Å². The smallest absolute Gasteiger partial charge is 0.180 e. The van der Waals surface area contributed by atoms with Gasteiger partial charge in [-0.2, -0.15) is 5.10 Å². The van der Waals surface area contributed by atoms with Crippen LogP contribution in [0.1, 0.15) is 18.7 Å². The van der Waals surface area contributed by atoms with Gasteiger partial charge in [-0.25, -0.2) is 4.98 Å². The van der Waals surface area contributed by atoms with E-state index in [1.165, 1.54) is 0 Å². The lowest BCUT2D eigenvalue weighted by molar-refractivity contribution is -0.118. The average molecular weight is 218 g/mol. The summed E-state index contributed by atoms with van der Waals surface area (Å²) in [7, 11) is 0. The van der Waals surface area contributed by atoms with E-state index in [1.54, 1.807) is 0 Å². The third-order valence-electron chi connectivity index (χ3n) is 2.03. The zero-order valence-corrected chi connectivity index (χ0v) is 8.40. The first kappa shape index (κ1) is 9.02. The van der Waals surface area contributed by atoms with E-state index >= 15 is 0 Å². The van der Waals surface area contributed by atoms with Crippen LogP contribution < -0.4 is 0 Å². The minimum Gasteiger partial charge on any atom is -0.297 e. The third kappa shape index (κ3) is 1.86. The Balaban J connectivity index is 2.02. The zero-order chi connectivity index (χ0) is 9.47. The van der Waals surface area contributed by atoms with Crippen LogP contribution in [-0.4, -0.2) is 25.8 Å². The van der Waals surface area contributed by atoms with Crippen LogP contribution in [0.5, 0.6) is 0 Å². The number of rotatable bonds is 3. The van der Waals surface area contributed by atoms with E-state index in [4.69, 9.17) is 11.6 Å². The van der Waals surface area contributed by atoms with Crippen molar-refractivity contribution in [2.75, 3.05) is 0 Å². The highest BCUT2D eigenvalue weighted by Gasteiger charge is 2.47. The van der Waals surface area contributed by atoms with E-state index in [-0.39, 0.29) is 12.2 Å². The average Bonchev–Trinajstić information content (AvgIpc) is 2.69. The molecule has 2 rings (SSSR count). The summed E-state index contributed by atoms with van der Waals surface area (Å²) in [4.78, 5) is 14.8. The monoisotopic (exact) mass is 217 g/mol. The second-order valence-corrected chi connectivity index (χ2v) is 4.29. The summed E-state index contributed by atoms with van der Waals surface area (Å²) >= 11 is 9.86. The largest absolute Gasteiger partial charge is 0.297 e. The Morgan fingerprint density at radius 2 is 2.38 bits per heavy atom. The van der Waals surface area contributed by atoms with Crippen molar-refractivity contribution in [1.82, 2.24) is 15.2 Å². The predicted molar refractivity (Wildman–Crippen MR) is 50.2 cm³/mol. The van der Waals surface area contributed by atoms with Gasteiger partial charge in [-0.05, 0) is 12.8 Å². The minimum atomic E-state index is -0.614. The van der Waals surface area contributed by atoms with Crippen LogP contribution in [-0.2, 0) is 11.2 Å². The molecule has 0 spiro atoms. The molecule has 0 atom stereocenters. The van der Waals surface area contributed by atoms with Crippen LogP contribution in [0.2, 0.25) is 0 Å². The van der Waals surface area contributed by atoms with Gasteiger partial charge in [0, 0.05) is 0 Å². The Kier molecular flexibility index (Phi) is 2.08. The number of alkyl halides is 1. The van der Waals surface area contributed by atoms with Gasteiger partial charge in [-0.3, -0.25) is 9.89 Å². The number of H-pyrrole nitrogens is 1.